The maximum absolute atomic E-state index is 9.60. The van der Waals surface area contributed by atoms with E-state index < -0.39 is 0 Å². The van der Waals surface area contributed by atoms with Crippen molar-refractivity contribution in [2.45, 2.75) is 0 Å². The van der Waals surface area contributed by atoms with Gasteiger partial charge in [-0.05, 0) is 109 Å². The van der Waals surface area contributed by atoms with Crippen LogP contribution in [0.2, 0.25) is 0 Å². The molecule has 3 heterocycles. The smallest absolute Gasteiger partial charge is 0.135 e. The van der Waals surface area contributed by atoms with E-state index in [0.29, 0.717) is 22.3 Å². The summed E-state index contributed by atoms with van der Waals surface area (Å²) in [6.07, 6.45) is 0. The number of hydrogen-bond acceptors (Lipinski definition) is 5. The fraction of sp³-hybridized carbons (Fsp3) is 0. The number of aromatic nitrogens is 2. The fourth-order valence-corrected chi connectivity index (χ4v) is 6.91. The monoisotopic (exact) mass is 598 g/mol. The van der Waals surface area contributed by atoms with E-state index in [2.05, 4.69) is 45.5 Å². The molecule has 7 nitrogen and oxygen atoms in total. The van der Waals surface area contributed by atoms with Crippen LogP contribution in [0.3, 0.4) is 0 Å². The van der Waals surface area contributed by atoms with Gasteiger partial charge in [-0.15, -0.1) is 0 Å². The molecule has 9 rings (SSSR count). The maximum atomic E-state index is 9.60. The van der Waals surface area contributed by atoms with Crippen LogP contribution in [-0.4, -0.2) is 9.13 Å². The lowest BCUT2D eigenvalue weighted by atomic mass is 10.1. The fourth-order valence-electron chi connectivity index (χ4n) is 6.91. The Bertz CT molecular complexity index is 2670. The van der Waals surface area contributed by atoms with E-state index in [0.717, 1.165) is 76.9 Å². The molecule has 214 valence electrons. The number of nitrogens with zero attached hydrogens (tertiary/aromatic N) is 6. The molecule has 0 aliphatic heterocycles. The number of hydrogen-bond donors (Lipinski definition) is 0. The number of rotatable bonds is 2. The second-order valence-electron chi connectivity index (χ2n) is 11.5. The Labute approximate surface area is 266 Å². The van der Waals surface area contributed by atoms with E-state index >= 15 is 0 Å². The Morgan fingerprint density at radius 2 is 0.681 bits per heavy atom. The molecule has 0 fully saturated rings. The van der Waals surface area contributed by atoms with Gasteiger partial charge in [-0.2, -0.15) is 21.0 Å². The van der Waals surface area contributed by atoms with Gasteiger partial charge in [0.15, 0.2) is 0 Å². The molecule has 0 unspecified atom stereocenters. The van der Waals surface area contributed by atoms with Gasteiger partial charge >= 0.3 is 0 Å². The first-order valence-corrected chi connectivity index (χ1v) is 14.8. The first-order valence-electron chi connectivity index (χ1n) is 14.8. The lowest BCUT2D eigenvalue weighted by Crippen LogP contribution is -1.94. The molecule has 0 atom stereocenters. The van der Waals surface area contributed by atoms with E-state index in [1.807, 2.05) is 97.1 Å². The summed E-state index contributed by atoms with van der Waals surface area (Å²) in [5.41, 5.74) is 9.29. The predicted molar refractivity (Wildman–Crippen MR) is 181 cm³/mol. The van der Waals surface area contributed by atoms with Crippen LogP contribution >= 0.6 is 0 Å². The highest BCUT2D eigenvalue weighted by Gasteiger charge is 2.18. The van der Waals surface area contributed by atoms with Crippen molar-refractivity contribution in [1.82, 2.24) is 9.13 Å². The Kier molecular flexibility index (Phi) is 5.33. The maximum Gasteiger partial charge on any atom is 0.135 e. The van der Waals surface area contributed by atoms with Gasteiger partial charge in [0.2, 0.25) is 0 Å². The molecule has 6 aromatic carbocycles. The average Bonchev–Trinajstić information content (AvgIpc) is 3.76. The van der Waals surface area contributed by atoms with Crippen LogP contribution in [0.4, 0.5) is 0 Å². The lowest BCUT2D eigenvalue weighted by Gasteiger charge is -2.09. The van der Waals surface area contributed by atoms with Gasteiger partial charge in [-0.1, -0.05) is 0 Å². The lowest BCUT2D eigenvalue weighted by molar-refractivity contribution is 0.669. The van der Waals surface area contributed by atoms with Crippen molar-refractivity contribution in [2.24, 2.45) is 0 Å². The van der Waals surface area contributed by atoms with Crippen molar-refractivity contribution in [3.05, 3.63) is 131 Å². The van der Waals surface area contributed by atoms with Crippen LogP contribution in [0.5, 0.6) is 0 Å². The van der Waals surface area contributed by atoms with Crippen LogP contribution in [-0.2, 0) is 0 Å². The van der Waals surface area contributed by atoms with E-state index in [1.165, 1.54) is 0 Å². The SMILES string of the molecule is N#Cc1ccc2c(c1)c1cc(C#N)ccc1n2-c1ccc2oc3ccc(-n4c5ccc(C#N)cc5c5cc(C#N)ccc54)cc3c2c1. The molecule has 9 aromatic rings. The quantitative estimate of drug-likeness (QED) is 0.196. The average molecular weight is 599 g/mol. The number of nitriles is 4. The summed E-state index contributed by atoms with van der Waals surface area (Å²) in [6.45, 7) is 0. The van der Waals surface area contributed by atoms with Crippen molar-refractivity contribution < 1.29 is 4.42 Å². The van der Waals surface area contributed by atoms with Gasteiger partial charge in [0.05, 0.1) is 68.6 Å². The zero-order valence-electron chi connectivity index (χ0n) is 24.5. The number of fused-ring (bicyclic) bond motifs is 9. The van der Waals surface area contributed by atoms with E-state index in [1.54, 1.807) is 0 Å². The number of furan rings is 1. The molecule has 0 saturated heterocycles. The highest BCUT2D eigenvalue weighted by molar-refractivity contribution is 6.13. The van der Waals surface area contributed by atoms with Crippen LogP contribution in [0.25, 0.3) is 76.9 Å². The summed E-state index contributed by atoms with van der Waals surface area (Å²) in [5.74, 6) is 0. The van der Waals surface area contributed by atoms with Gasteiger partial charge in [-0.3, -0.25) is 0 Å². The minimum absolute atomic E-state index is 0.556. The van der Waals surface area contributed by atoms with Crippen molar-refractivity contribution >= 4 is 65.6 Å². The standard InChI is InChI=1S/C40H18N6O/c41-19-23-1-7-35-29(13-23)30-14-24(20-42)2-8-36(30)45(35)27-5-11-39-33(17-27)34-18-28(6-12-40(34)47-39)46-37-9-3-25(21-43)15-31(37)32-16-26(22-44)4-10-38(32)46/h1-18H. The molecular formula is C40H18N6O. The van der Waals surface area contributed by atoms with Gasteiger partial charge in [0, 0.05) is 43.7 Å². The molecule has 0 aliphatic rings. The van der Waals surface area contributed by atoms with Crippen LogP contribution in [0, 0.1) is 45.3 Å². The molecule has 0 saturated carbocycles. The van der Waals surface area contributed by atoms with Crippen LogP contribution in [0.15, 0.2) is 114 Å². The minimum Gasteiger partial charge on any atom is -0.456 e. The normalized spacial score (nSPS) is 11.3. The van der Waals surface area contributed by atoms with Crippen molar-refractivity contribution in [3.63, 3.8) is 0 Å². The summed E-state index contributed by atoms with van der Waals surface area (Å²) >= 11 is 0. The van der Waals surface area contributed by atoms with Gasteiger partial charge in [-0.25, -0.2) is 0 Å². The molecule has 0 amide bonds. The Morgan fingerprint density at radius 1 is 0.362 bits per heavy atom. The highest BCUT2D eigenvalue weighted by Crippen LogP contribution is 2.39. The number of benzene rings is 6. The topological polar surface area (TPSA) is 118 Å². The van der Waals surface area contributed by atoms with Gasteiger partial charge in [0.25, 0.3) is 0 Å². The zero-order chi connectivity index (χ0) is 31.8. The molecule has 3 aromatic heterocycles. The third-order valence-corrected chi connectivity index (χ3v) is 9.00. The molecule has 47 heavy (non-hydrogen) atoms. The third kappa shape index (κ3) is 3.69. The van der Waals surface area contributed by atoms with Crippen molar-refractivity contribution in [2.75, 3.05) is 0 Å². The van der Waals surface area contributed by atoms with E-state index in [4.69, 9.17) is 4.42 Å². The second kappa shape index (κ2) is 9.59. The molecule has 0 radical (unpaired) electrons. The largest absolute Gasteiger partial charge is 0.456 e. The third-order valence-electron chi connectivity index (χ3n) is 9.00. The van der Waals surface area contributed by atoms with E-state index in [9.17, 15) is 21.0 Å². The summed E-state index contributed by atoms with van der Waals surface area (Å²) in [5, 5.41) is 43.9. The van der Waals surface area contributed by atoms with Gasteiger partial charge < -0.3 is 13.6 Å². The first kappa shape index (κ1) is 26.1. The van der Waals surface area contributed by atoms with Crippen molar-refractivity contribution in [1.29, 1.82) is 21.0 Å². The van der Waals surface area contributed by atoms with E-state index in [-0.39, 0.29) is 0 Å². The Hall–Kier alpha value is -7.32. The minimum atomic E-state index is 0.556. The second-order valence-corrected chi connectivity index (χ2v) is 11.5. The van der Waals surface area contributed by atoms with Crippen LogP contribution < -0.4 is 0 Å². The van der Waals surface area contributed by atoms with Crippen molar-refractivity contribution in [3.8, 4) is 35.7 Å². The summed E-state index contributed by atoms with van der Waals surface area (Å²) in [7, 11) is 0. The Morgan fingerprint density at radius 3 is 0.979 bits per heavy atom. The molecule has 7 heteroatoms. The molecule has 0 spiro atoms. The highest BCUT2D eigenvalue weighted by atomic mass is 16.3. The molecule has 0 N–H and O–H groups in total. The summed E-state index contributed by atoms with van der Waals surface area (Å²) < 4.78 is 10.6. The molecule has 0 aliphatic carbocycles. The first-order chi connectivity index (χ1) is 23.1. The van der Waals surface area contributed by atoms with Crippen LogP contribution in [0.1, 0.15) is 22.3 Å². The summed E-state index contributed by atoms with van der Waals surface area (Å²) in [4.78, 5) is 0. The summed E-state index contributed by atoms with van der Waals surface area (Å²) in [6, 6.07) is 43.7. The Balaban J connectivity index is 1.30. The zero-order valence-corrected chi connectivity index (χ0v) is 24.5. The predicted octanol–water partition coefficient (Wildman–Crippen LogP) is 9.27. The molecular weight excluding hydrogens is 580 g/mol. The molecule has 0 bridgehead atoms. The van der Waals surface area contributed by atoms with Gasteiger partial charge in [0.1, 0.15) is 11.2 Å².